The van der Waals surface area contributed by atoms with Crippen LogP contribution in [-0.2, 0) is 5.75 Å². The maximum absolute atomic E-state index is 6.18. The van der Waals surface area contributed by atoms with Crippen molar-refractivity contribution < 1.29 is 0 Å². The molecule has 21 heavy (non-hydrogen) atoms. The highest BCUT2D eigenvalue weighted by Crippen LogP contribution is 2.33. The van der Waals surface area contributed by atoms with E-state index in [0.29, 0.717) is 10.6 Å². The minimum Gasteiger partial charge on any atom is -0.346 e. The Labute approximate surface area is 139 Å². The third-order valence-corrected chi connectivity index (χ3v) is 5.54. The zero-order valence-corrected chi connectivity index (χ0v) is 14.0. The van der Waals surface area contributed by atoms with E-state index in [1.165, 1.54) is 31.4 Å². The highest BCUT2D eigenvalue weighted by Gasteiger charge is 2.18. The quantitative estimate of drug-likeness (QED) is 0.570. The SMILES string of the molecule is S=c1cc(C2CCCC2)[nH]c(CSc2ccccc2Cl)n1. The van der Waals surface area contributed by atoms with Gasteiger partial charge >= 0.3 is 0 Å². The predicted octanol–water partition coefficient (Wildman–Crippen LogP) is 5.74. The summed E-state index contributed by atoms with van der Waals surface area (Å²) < 4.78 is 0.686. The van der Waals surface area contributed by atoms with Gasteiger partial charge in [0.15, 0.2) is 0 Å². The molecule has 0 bridgehead atoms. The van der Waals surface area contributed by atoms with Gasteiger partial charge in [-0.2, -0.15) is 0 Å². The molecule has 2 aromatic rings. The summed E-state index contributed by atoms with van der Waals surface area (Å²) in [5.41, 5.74) is 1.25. The minimum atomic E-state index is 0.624. The van der Waals surface area contributed by atoms with Gasteiger partial charge in [-0.25, -0.2) is 4.98 Å². The molecule has 1 aliphatic carbocycles. The van der Waals surface area contributed by atoms with Crippen LogP contribution in [0.3, 0.4) is 0 Å². The van der Waals surface area contributed by atoms with Crippen LogP contribution >= 0.6 is 35.6 Å². The first kappa shape index (κ1) is 15.1. The average molecular weight is 337 g/mol. The fourth-order valence-electron chi connectivity index (χ4n) is 2.76. The van der Waals surface area contributed by atoms with Gasteiger partial charge in [0.2, 0.25) is 0 Å². The third-order valence-electron chi connectivity index (χ3n) is 3.81. The van der Waals surface area contributed by atoms with Crippen LogP contribution in [0.4, 0.5) is 0 Å². The summed E-state index contributed by atoms with van der Waals surface area (Å²) in [7, 11) is 0. The van der Waals surface area contributed by atoms with E-state index in [1.54, 1.807) is 11.8 Å². The normalized spacial score (nSPS) is 15.5. The summed E-state index contributed by atoms with van der Waals surface area (Å²) in [5, 5.41) is 0.785. The van der Waals surface area contributed by atoms with Gasteiger partial charge in [-0.15, -0.1) is 11.8 Å². The zero-order valence-electron chi connectivity index (χ0n) is 11.6. The summed E-state index contributed by atoms with van der Waals surface area (Å²) in [5.74, 6) is 2.32. The van der Waals surface area contributed by atoms with Crippen molar-refractivity contribution in [3.63, 3.8) is 0 Å². The number of hydrogen-bond acceptors (Lipinski definition) is 3. The Morgan fingerprint density at radius 2 is 2.05 bits per heavy atom. The first-order valence-electron chi connectivity index (χ1n) is 7.20. The van der Waals surface area contributed by atoms with Crippen LogP contribution in [0.5, 0.6) is 0 Å². The number of halogens is 1. The molecule has 0 unspecified atom stereocenters. The van der Waals surface area contributed by atoms with Crippen molar-refractivity contribution in [3.05, 3.63) is 51.5 Å². The monoisotopic (exact) mass is 336 g/mol. The first-order valence-corrected chi connectivity index (χ1v) is 8.97. The van der Waals surface area contributed by atoms with Gasteiger partial charge in [0.05, 0.1) is 10.8 Å². The number of hydrogen-bond donors (Lipinski definition) is 1. The minimum absolute atomic E-state index is 0.624. The molecule has 0 atom stereocenters. The van der Waals surface area contributed by atoms with Crippen LogP contribution in [0, 0.1) is 4.64 Å². The van der Waals surface area contributed by atoms with E-state index in [-0.39, 0.29) is 0 Å². The molecule has 5 heteroatoms. The molecule has 0 aliphatic heterocycles. The Bertz CT molecular complexity index is 678. The molecule has 0 saturated heterocycles. The molecule has 1 N–H and O–H groups in total. The summed E-state index contributed by atoms with van der Waals surface area (Å²) in [6.07, 6.45) is 5.15. The molecular formula is C16H17ClN2S2. The molecule has 2 nitrogen and oxygen atoms in total. The molecule has 3 rings (SSSR count). The third kappa shape index (κ3) is 3.87. The molecule has 1 heterocycles. The van der Waals surface area contributed by atoms with Crippen LogP contribution in [-0.4, -0.2) is 9.97 Å². The lowest BCUT2D eigenvalue weighted by Gasteiger charge is -2.11. The van der Waals surface area contributed by atoms with Crippen molar-refractivity contribution in [2.24, 2.45) is 0 Å². The van der Waals surface area contributed by atoms with Crippen molar-refractivity contribution in [1.82, 2.24) is 9.97 Å². The van der Waals surface area contributed by atoms with Gasteiger partial charge in [-0.1, -0.05) is 48.8 Å². The molecule has 0 radical (unpaired) electrons. The van der Waals surface area contributed by atoms with Crippen molar-refractivity contribution in [3.8, 4) is 0 Å². The molecule has 1 aromatic carbocycles. The van der Waals surface area contributed by atoms with Crippen molar-refractivity contribution >= 4 is 35.6 Å². The molecule has 110 valence electrons. The lowest BCUT2D eigenvalue weighted by molar-refractivity contribution is 0.687. The largest absolute Gasteiger partial charge is 0.346 e. The lowest BCUT2D eigenvalue weighted by Crippen LogP contribution is -2.02. The number of thioether (sulfide) groups is 1. The summed E-state index contributed by atoms with van der Waals surface area (Å²) in [6.45, 7) is 0. The number of aromatic amines is 1. The van der Waals surface area contributed by atoms with Gasteiger partial charge in [0.1, 0.15) is 10.5 Å². The Morgan fingerprint density at radius 3 is 2.81 bits per heavy atom. The molecule has 0 amide bonds. The van der Waals surface area contributed by atoms with Crippen LogP contribution in [0.2, 0.25) is 5.02 Å². The fourth-order valence-corrected chi connectivity index (χ4v) is 4.11. The van der Waals surface area contributed by atoms with E-state index >= 15 is 0 Å². The summed E-state index contributed by atoms with van der Waals surface area (Å²) in [4.78, 5) is 9.00. The second-order valence-corrected chi connectivity index (χ2v) is 7.16. The number of benzene rings is 1. The number of aromatic nitrogens is 2. The van der Waals surface area contributed by atoms with E-state index in [4.69, 9.17) is 23.8 Å². The highest BCUT2D eigenvalue weighted by atomic mass is 35.5. The highest BCUT2D eigenvalue weighted by molar-refractivity contribution is 7.98. The second-order valence-electron chi connectivity index (χ2n) is 5.32. The Hall–Kier alpha value is -0.840. The molecule has 1 aromatic heterocycles. The van der Waals surface area contributed by atoms with Crippen molar-refractivity contribution in [2.75, 3.05) is 0 Å². The van der Waals surface area contributed by atoms with Crippen molar-refractivity contribution in [2.45, 2.75) is 42.2 Å². The van der Waals surface area contributed by atoms with Gasteiger partial charge in [0.25, 0.3) is 0 Å². The Balaban J connectivity index is 1.76. The van der Waals surface area contributed by atoms with Crippen molar-refractivity contribution in [1.29, 1.82) is 0 Å². The number of nitrogens with zero attached hydrogens (tertiary/aromatic N) is 1. The maximum atomic E-state index is 6.18. The number of H-pyrrole nitrogens is 1. The van der Waals surface area contributed by atoms with Gasteiger partial charge < -0.3 is 4.98 Å². The molecule has 1 saturated carbocycles. The summed E-state index contributed by atoms with van der Waals surface area (Å²) >= 11 is 13.2. The molecule has 1 aliphatic rings. The van der Waals surface area contributed by atoms with Gasteiger partial charge in [-0.05, 0) is 37.0 Å². The zero-order chi connectivity index (χ0) is 14.7. The predicted molar refractivity (Wildman–Crippen MR) is 91.6 cm³/mol. The van der Waals surface area contributed by atoms with Crippen LogP contribution < -0.4 is 0 Å². The molecule has 1 fully saturated rings. The lowest BCUT2D eigenvalue weighted by atomic mass is 10.0. The number of rotatable bonds is 4. The Morgan fingerprint density at radius 1 is 1.29 bits per heavy atom. The van der Waals surface area contributed by atoms with Gasteiger partial charge in [0, 0.05) is 10.6 Å². The van der Waals surface area contributed by atoms with Crippen LogP contribution in [0.25, 0.3) is 0 Å². The first-order chi connectivity index (χ1) is 10.2. The van der Waals surface area contributed by atoms with Crippen LogP contribution in [0.1, 0.15) is 43.1 Å². The second kappa shape index (κ2) is 6.95. The van der Waals surface area contributed by atoms with E-state index in [0.717, 1.165) is 21.5 Å². The van der Waals surface area contributed by atoms with E-state index in [2.05, 4.69) is 9.97 Å². The average Bonchev–Trinajstić information content (AvgIpc) is 3.00. The van der Waals surface area contributed by atoms with E-state index < -0.39 is 0 Å². The smallest absolute Gasteiger partial charge is 0.130 e. The Kier molecular flexibility index (Phi) is 4.99. The van der Waals surface area contributed by atoms with E-state index in [1.807, 2.05) is 30.3 Å². The molecular weight excluding hydrogens is 320 g/mol. The maximum Gasteiger partial charge on any atom is 0.130 e. The van der Waals surface area contributed by atoms with Crippen LogP contribution in [0.15, 0.2) is 35.2 Å². The number of nitrogens with one attached hydrogen (secondary N) is 1. The van der Waals surface area contributed by atoms with E-state index in [9.17, 15) is 0 Å². The van der Waals surface area contributed by atoms with Gasteiger partial charge in [-0.3, -0.25) is 0 Å². The summed E-state index contributed by atoms with van der Waals surface area (Å²) in [6, 6.07) is 9.91. The molecule has 0 spiro atoms. The fraction of sp³-hybridized carbons (Fsp3) is 0.375. The topological polar surface area (TPSA) is 28.7 Å². The standard InChI is InChI=1S/C16H17ClN2S2/c17-12-7-3-4-8-14(12)21-10-15-18-13(9-16(20)19-15)11-5-1-2-6-11/h3-4,7-9,11H,1-2,5-6,10H2,(H,18,19,20).